The van der Waals surface area contributed by atoms with Crippen LogP contribution in [0, 0.1) is 20.8 Å². The smallest absolute Gasteiger partial charge is 0.386 e. The van der Waals surface area contributed by atoms with Crippen molar-refractivity contribution in [2.45, 2.75) is 97.4 Å². The molecule has 103 heavy (non-hydrogen) atoms. The molecule has 0 aliphatic carbocycles. The molecule has 6 N–H and O–H groups in total. The van der Waals surface area contributed by atoms with E-state index in [9.17, 15) is 84.8 Å². The molecule has 0 spiro atoms. The molecule has 0 bridgehead atoms. The molecule has 42 heteroatoms. The second kappa shape index (κ2) is 33.9. The van der Waals surface area contributed by atoms with Gasteiger partial charge in [0.1, 0.15) is 41.5 Å². The van der Waals surface area contributed by atoms with E-state index in [1.54, 1.807) is 52.9 Å². The van der Waals surface area contributed by atoms with Crippen LogP contribution in [0.25, 0.3) is 0 Å². The lowest BCUT2D eigenvalue weighted by atomic mass is 10.1. The number of aryl methyl sites for hydroxylation is 3. The first kappa shape index (κ1) is 76.7. The second-order valence-corrected chi connectivity index (χ2v) is 22.9. The number of imidazole rings is 1. The van der Waals surface area contributed by atoms with Crippen molar-refractivity contribution >= 4 is 17.7 Å². The fourth-order valence-electron chi connectivity index (χ4n) is 9.36. The minimum absolute atomic E-state index is 0.00805. The maximum atomic E-state index is 12.6. The minimum atomic E-state index is -4.85. The van der Waals surface area contributed by atoms with Crippen molar-refractivity contribution in [3.8, 4) is 0 Å². The highest BCUT2D eigenvalue weighted by Crippen LogP contribution is 2.19. The first-order valence-electron chi connectivity index (χ1n) is 30.7. The van der Waals surface area contributed by atoms with Crippen LogP contribution in [0.3, 0.4) is 0 Å². The number of aliphatic hydroxyl groups excluding tert-OH is 3. The zero-order valence-electron chi connectivity index (χ0n) is 55.5. The maximum absolute atomic E-state index is 12.6. The molecular formula is C61H67F6N23O13. The average Bonchev–Trinajstić information content (AvgIpc) is 1.71. The Kier molecular flexibility index (Phi) is 25.2. The molecule has 0 aliphatic rings. The summed E-state index contributed by atoms with van der Waals surface area (Å²) in [6, 6.07) is 21.9. The minimum Gasteiger partial charge on any atom is -0.386 e. The number of carbonyl (C=O) groups is 3. The van der Waals surface area contributed by atoms with Crippen LogP contribution in [-0.2, 0) is 71.7 Å². The fraction of sp³-hybridized carbons (Fsp3) is 0.361. The van der Waals surface area contributed by atoms with E-state index in [1.165, 1.54) is 22.6 Å². The molecule has 0 aliphatic heterocycles. The molecule has 3 aromatic carbocycles. The summed E-state index contributed by atoms with van der Waals surface area (Å²) < 4.78 is 83.7. The van der Waals surface area contributed by atoms with Gasteiger partial charge in [-0.3, -0.25) is 60.9 Å². The van der Waals surface area contributed by atoms with Crippen LogP contribution in [0.1, 0.15) is 100 Å². The van der Waals surface area contributed by atoms with E-state index < -0.39 is 113 Å². The molecule has 3 atom stereocenters. The standard InChI is InChI=1S/C22H25N9O4.C20H22F3N7O5.C19H20F3N7O4/c1-15-3-5-16(6-4-15)18(32)12-31-26-19(25-27-31)13-30-11-17(21(34)28(2)22(30)35)20(33)24-8-10-29-9-7-23-14-29;1-12-3-5-13(6-4-12)15(31)10-30-26-16(25-27-30)11-29-9-14(18(33)28(2)19(29)34)17(32)24-7-8-35-20(21,22)23;1-11-3-5-12(6-4-11)14(30)8-29-25-15(24-26-29)9-28-7-13(17(32)27(2)18(28)33)16(31)23-10-19(20,21)22/h3-7,9,11,14,18,32H,8,10,12-13H2,1-2H3,(H,24,33);3-6,9,15,31H,7-8,10-11H2,1-2H3,(H,24,32);3-7,14,30H,8-10H2,1-2H3,(H,23,31)/t18-;15-;14-/m000/s1. The fourth-order valence-corrected chi connectivity index (χ4v) is 9.36. The van der Waals surface area contributed by atoms with Crippen LogP contribution in [0.15, 0.2) is 139 Å². The van der Waals surface area contributed by atoms with Gasteiger partial charge in [0.15, 0.2) is 17.5 Å². The van der Waals surface area contributed by atoms with Gasteiger partial charge < -0.3 is 35.8 Å². The van der Waals surface area contributed by atoms with Gasteiger partial charge >= 0.3 is 29.6 Å². The van der Waals surface area contributed by atoms with Crippen molar-refractivity contribution in [1.29, 1.82) is 0 Å². The van der Waals surface area contributed by atoms with Gasteiger partial charge in [0.25, 0.3) is 34.4 Å². The van der Waals surface area contributed by atoms with E-state index in [0.29, 0.717) is 32.4 Å². The zero-order chi connectivity index (χ0) is 75.0. The van der Waals surface area contributed by atoms with Crippen LogP contribution < -0.4 is 49.7 Å². The Labute approximate surface area is 575 Å². The number of nitrogens with one attached hydrogen (secondary N) is 3. The molecule has 0 saturated heterocycles. The number of aromatic nitrogens is 20. The Morgan fingerprint density at radius 2 is 0.825 bits per heavy atom. The van der Waals surface area contributed by atoms with Crippen molar-refractivity contribution in [3.63, 3.8) is 0 Å². The number of carbonyl (C=O) groups excluding carboxylic acids is 3. The predicted molar refractivity (Wildman–Crippen MR) is 344 cm³/mol. The van der Waals surface area contributed by atoms with Gasteiger partial charge in [-0.1, -0.05) is 89.5 Å². The lowest BCUT2D eigenvalue weighted by Gasteiger charge is -2.11. The summed E-state index contributed by atoms with van der Waals surface area (Å²) in [4.78, 5) is 119. The highest BCUT2D eigenvalue weighted by molar-refractivity contribution is 5.94. The molecule has 10 aromatic rings. The molecule has 3 amide bonds. The summed E-state index contributed by atoms with van der Waals surface area (Å²) in [7, 11) is 3.53. The normalized spacial score (nSPS) is 12.3. The van der Waals surface area contributed by atoms with Gasteiger partial charge in [-0.25, -0.2) is 19.4 Å². The van der Waals surface area contributed by atoms with E-state index in [-0.39, 0.29) is 68.8 Å². The third kappa shape index (κ3) is 21.5. The third-order valence-corrected chi connectivity index (χ3v) is 14.9. The van der Waals surface area contributed by atoms with E-state index >= 15 is 0 Å². The Bertz CT molecular complexity index is 4960. The van der Waals surface area contributed by atoms with Crippen LogP contribution in [0.2, 0.25) is 0 Å². The summed E-state index contributed by atoms with van der Waals surface area (Å²) in [5, 5.41) is 73.0. The number of hydrogen-bond donors (Lipinski definition) is 6. The lowest BCUT2D eigenvalue weighted by Crippen LogP contribution is -2.44. The highest BCUT2D eigenvalue weighted by Gasteiger charge is 2.30. The molecular weight excluding hydrogens is 1380 g/mol. The van der Waals surface area contributed by atoms with Gasteiger partial charge in [0.05, 0.1) is 52.2 Å². The van der Waals surface area contributed by atoms with E-state index in [4.69, 9.17) is 0 Å². The van der Waals surface area contributed by atoms with Crippen LogP contribution in [0.5, 0.6) is 0 Å². The Morgan fingerprint density at radius 1 is 0.495 bits per heavy atom. The molecule has 36 nitrogen and oxygen atoms in total. The number of rotatable bonds is 25. The number of halogens is 6. The largest absolute Gasteiger partial charge is 0.522 e. The molecule has 7 heterocycles. The first-order valence-corrected chi connectivity index (χ1v) is 30.7. The number of hydrogen-bond acceptors (Lipinski definition) is 23. The monoisotopic (exact) mass is 1440 g/mol. The summed E-state index contributed by atoms with van der Waals surface area (Å²) in [6.45, 7) is 2.90. The SMILES string of the molecule is Cc1ccc([C@@H](O)Cn2nnc(Cn3cc(C(=O)NCC(F)(F)F)c(=O)n(C)c3=O)n2)cc1.Cc1ccc([C@@H](O)Cn2nnc(Cn3cc(C(=O)NCCOC(F)(F)F)c(=O)n(C)c3=O)n2)cc1.Cc1ccc([C@@H](O)Cn2nnc(Cn3cc(C(=O)NCCn4ccnc4)c(=O)n(C)c3=O)n2)cc1. The first-order chi connectivity index (χ1) is 48.7. The molecule has 0 saturated carbocycles. The van der Waals surface area contributed by atoms with Gasteiger partial charge in [0, 0.05) is 71.8 Å². The van der Waals surface area contributed by atoms with Crippen LogP contribution in [0.4, 0.5) is 26.3 Å². The van der Waals surface area contributed by atoms with Crippen molar-refractivity contribution in [2.75, 3.05) is 26.2 Å². The molecule has 0 unspecified atom stereocenters. The lowest BCUT2D eigenvalue weighted by molar-refractivity contribution is -0.323. The number of alkyl halides is 6. The number of aliphatic hydroxyl groups is 3. The number of amides is 3. The molecule has 7 aromatic heterocycles. The van der Waals surface area contributed by atoms with E-state index in [1.807, 2.05) is 69.3 Å². The van der Waals surface area contributed by atoms with E-state index in [0.717, 1.165) is 66.5 Å². The Balaban J connectivity index is 0.000000196. The summed E-state index contributed by atoms with van der Waals surface area (Å²) in [5.41, 5.74) is -1.06. The Hall–Kier alpha value is -12.1. The van der Waals surface area contributed by atoms with Gasteiger partial charge in [-0.15, -0.1) is 43.8 Å². The van der Waals surface area contributed by atoms with Gasteiger partial charge in [0.2, 0.25) is 0 Å². The quantitative estimate of drug-likeness (QED) is 0.0297. The Morgan fingerprint density at radius 3 is 1.14 bits per heavy atom. The second-order valence-electron chi connectivity index (χ2n) is 22.9. The average molecular weight is 1440 g/mol. The number of benzene rings is 3. The third-order valence-electron chi connectivity index (χ3n) is 14.9. The van der Waals surface area contributed by atoms with Gasteiger partial charge in [-0.05, 0) is 53.1 Å². The number of nitrogens with zero attached hydrogens (tertiary/aromatic N) is 20. The topological polar surface area (TPSA) is 438 Å². The molecule has 10 rings (SSSR count). The van der Waals surface area contributed by atoms with E-state index in [2.05, 4.69) is 66.6 Å². The molecule has 0 radical (unpaired) electrons. The van der Waals surface area contributed by atoms with Crippen molar-refractivity contribution in [1.82, 2.24) is 114 Å². The van der Waals surface area contributed by atoms with Crippen LogP contribution in [-0.4, -0.2) is 169 Å². The summed E-state index contributed by atoms with van der Waals surface area (Å²) in [6.07, 6.45) is -4.18. The summed E-state index contributed by atoms with van der Waals surface area (Å²) in [5.74, 6) is -2.59. The number of ether oxygens (including phenoxy) is 1. The molecule has 546 valence electrons. The summed E-state index contributed by atoms with van der Waals surface area (Å²) >= 11 is 0. The van der Waals surface area contributed by atoms with Crippen molar-refractivity contribution in [3.05, 3.63) is 240 Å². The zero-order valence-corrected chi connectivity index (χ0v) is 55.5. The van der Waals surface area contributed by atoms with Crippen molar-refractivity contribution in [2.24, 2.45) is 21.1 Å². The van der Waals surface area contributed by atoms with Crippen LogP contribution >= 0.6 is 0 Å². The maximum Gasteiger partial charge on any atom is 0.522 e. The predicted octanol–water partition coefficient (Wildman–Crippen LogP) is -0.944. The van der Waals surface area contributed by atoms with Crippen molar-refractivity contribution < 1.29 is 60.8 Å². The van der Waals surface area contributed by atoms with Gasteiger partial charge in [-0.2, -0.15) is 27.6 Å². The number of tetrazole rings is 3. The molecule has 0 fully saturated rings. The highest BCUT2D eigenvalue weighted by atomic mass is 19.4.